The fourth-order valence-electron chi connectivity index (χ4n) is 3.18. The van der Waals surface area contributed by atoms with Gasteiger partial charge in [0.25, 0.3) is 11.8 Å². The van der Waals surface area contributed by atoms with E-state index < -0.39 is 28.5 Å². The maximum Gasteiger partial charge on any atom is 0.417 e. The summed E-state index contributed by atoms with van der Waals surface area (Å²) in [6.07, 6.45) is -3.93. The molecule has 1 aromatic heterocycles. The Hall–Kier alpha value is -3.35. The summed E-state index contributed by atoms with van der Waals surface area (Å²) in [5, 5.41) is 0. The number of anilines is 1. The Labute approximate surface area is 182 Å². The van der Waals surface area contributed by atoms with Gasteiger partial charge < -0.3 is 14.5 Å². The zero-order valence-electron chi connectivity index (χ0n) is 16.8. The number of piperazine rings is 1. The first kappa shape index (κ1) is 23.3. The third kappa shape index (κ3) is 5.28. The number of halogens is 3. The van der Waals surface area contributed by atoms with Crippen LogP contribution in [-0.2, 0) is 17.1 Å². The fraction of sp³-hybridized carbons (Fsp3) is 0.316. The molecule has 2 heterocycles. The van der Waals surface area contributed by atoms with Crippen molar-refractivity contribution in [2.45, 2.75) is 6.18 Å². The molecule has 1 aliphatic heterocycles. The van der Waals surface area contributed by atoms with Gasteiger partial charge in [0.15, 0.2) is 0 Å². The monoisotopic (exact) mass is 472 g/mol. The van der Waals surface area contributed by atoms with E-state index in [-0.39, 0.29) is 54.8 Å². The lowest BCUT2D eigenvalue weighted by atomic mass is 10.1. The summed E-state index contributed by atoms with van der Waals surface area (Å²) in [5.74, 6) is -0.700. The molecule has 172 valence electrons. The molecular weight excluding hydrogens is 453 g/mol. The third-order valence-corrected chi connectivity index (χ3v) is 5.26. The number of hydrogen-bond donors (Lipinski definition) is 2. The van der Waals surface area contributed by atoms with Crippen molar-refractivity contribution in [2.75, 3.05) is 38.0 Å². The van der Waals surface area contributed by atoms with Crippen LogP contribution in [0.4, 0.5) is 18.9 Å². The number of thiol groups is 1. The molecule has 3 rings (SSSR count). The molecule has 0 aliphatic carbocycles. The van der Waals surface area contributed by atoms with E-state index in [4.69, 9.17) is 4.74 Å². The average Bonchev–Trinajstić information content (AvgIpc) is 2.77. The number of nitrogens with zero attached hydrogens (tertiary/aromatic N) is 3. The third-order valence-electron chi connectivity index (χ3n) is 4.82. The average molecular weight is 472 g/mol. The molecule has 1 saturated heterocycles. The largest absolute Gasteiger partial charge is 0.496 e. The molecule has 0 radical (unpaired) electrons. The molecule has 32 heavy (non-hydrogen) atoms. The number of amides is 2. The van der Waals surface area contributed by atoms with Crippen LogP contribution in [0, 0.1) is 0 Å². The zero-order valence-corrected chi connectivity index (χ0v) is 17.7. The van der Waals surface area contributed by atoms with E-state index in [1.54, 1.807) is 0 Å². The minimum Gasteiger partial charge on any atom is -0.496 e. The van der Waals surface area contributed by atoms with Crippen molar-refractivity contribution in [3.05, 3.63) is 53.3 Å². The predicted molar refractivity (Wildman–Crippen MR) is 108 cm³/mol. The number of nitrogens with one attached hydrogen (secondary N) is 1. The summed E-state index contributed by atoms with van der Waals surface area (Å²) >= 11 is 0. The number of carbonyl (C=O) groups excluding carboxylic acids is 2. The van der Waals surface area contributed by atoms with Gasteiger partial charge in [0.2, 0.25) is 10.9 Å². The normalized spacial score (nSPS) is 14.4. The van der Waals surface area contributed by atoms with Gasteiger partial charge in [0.05, 0.1) is 23.9 Å². The fourth-order valence-corrected chi connectivity index (χ4v) is 3.53. The Morgan fingerprint density at radius 1 is 1.03 bits per heavy atom. The van der Waals surface area contributed by atoms with Crippen LogP contribution in [0.3, 0.4) is 0 Å². The maximum absolute atomic E-state index is 12.9. The van der Waals surface area contributed by atoms with Gasteiger partial charge in [-0.1, -0.05) is 0 Å². The van der Waals surface area contributed by atoms with Crippen LogP contribution >= 0.6 is 0 Å². The Morgan fingerprint density at radius 2 is 1.66 bits per heavy atom. The number of carbonyl (C=O) groups is 2. The van der Waals surface area contributed by atoms with Crippen LogP contribution in [0.25, 0.3) is 0 Å². The SMILES string of the molecule is COc1cc(N[SH](=O)=O)ccc1C(=O)N1CCN(C(=O)c2ccc(C(F)(F)F)cn2)CC1. The minimum atomic E-state index is -4.54. The highest BCUT2D eigenvalue weighted by molar-refractivity contribution is 7.73. The standard InChI is InChI=1S/C19H19F3N4O5S/c1-31-16-10-13(24-32(29)30)3-4-14(16)17(27)25-6-8-26(9-7-25)18(28)15-5-2-12(11-23-15)19(20,21)22/h2-5,10-11,32H,6-9H2,1H3,(H,24,29,30). The summed E-state index contributed by atoms with van der Waals surface area (Å²) in [6, 6.07) is 6.07. The molecular formula is C19H19F3N4O5S. The predicted octanol–water partition coefficient (Wildman–Crippen LogP) is 1.65. The van der Waals surface area contributed by atoms with Gasteiger partial charge in [-0.2, -0.15) is 13.2 Å². The second kappa shape index (κ2) is 9.42. The first-order valence-corrected chi connectivity index (χ1v) is 10.5. The summed E-state index contributed by atoms with van der Waals surface area (Å²) in [7, 11) is -1.52. The van der Waals surface area contributed by atoms with Crippen molar-refractivity contribution in [1.82, 2.24) is 14.8 Å². The quantitative estimate of drug-likeness (QED) is 0.641. The number of methoxy groups -OCH3 is 1. The van der Waals surface area contributed by atoms with Gasteiger partial charge in [0.1, 0.15) is 11.4 Å². The van der Waals surface area contributed by atoms with E-state index in [0.717, 1.165) is 12.1 Å². The summed E-state index contributed by atoms with van der Waals surface area (Å²) in [6.45, 7) is 0.735. The topological polar surface area (TPSA) is 109 Å². The van der Waals surface area contributed by atoms with Crippen LogP contribution < -0.4 is 9.46 Å². The molecule has 0 spiro atoms. The van der Waals surface area contributed by atoms with Crippen molar-refractivity contribution in [1.29, 1.82) is 0 Å². The van der Waals surface area contributed by atoms with E-state index >= 15 is 0 Å². The number of benzene rings is 1. The van der Waals surface area contributed by atoms with Crippen LogP contribution in [0.15, 0.2) is 36.5 Å². The van der Waals surface area contributed by atoms with Crippen molar-refractivity contribution < 1.29 is 35.9 Å². The smallest absolute Gasteiger partial charge is 0.417 e. The summed E-state index contributed by atoms with van der Waals surface area (Å²) in [4.78, 5) is 31.9. The van der Waals surface area contributed by atoms with Gasteiger partial charge in [-0.3, -0.25) is 19.3 Å². The van der Waals surface area contributed by atoms with Crippen molar-refractivity contribution >= 4 is 28.4 Å². The van der Waals surface area contributed by atoms with Crippen molar-refractivity contribution in [3.63, 3.8) is 0 Å². The minimum absolute atomic E-state index is 0.112. The van der Waals surface area contributed by atoms with E-state index in [1.807, 2.05) is 0 Å². The molecule has 1 fully saturated rings. The van der Waals surface area contributed by atoms with Crippen LogP contribution in [0.1, 0.15) is 26.4 Å². The van der Waals surface area contributed by atoms with Crippen molar-refractivity contribution in [3.8, 4) is 5.75 Å². The molecule has 9 nitrogen and oxygen atoms in total. The van der Waals surface area contributed by atoms with Gasteiger partial charge in [-0.25, -0.2) is 8.42 Å². The number of ether oxygens (including phenoxy) is 1. The van der Waals surface area contributed by atoms with E-state index in [0.29, 0.717) is 6.20 Å². The molecule has 1 aromatic carbocycles. The zero-order chi connectivity index (χ0) is 23.5. The number of aromatic nitrogens is 1. The number of pyridine rings is 1. The molecule has 0 unspecified atom stereocenters. The first-order chi connectivity index (χ1) is 15.1. The Kier molecular flexibility index (Phi) is 6.87. The van der Waals surface area contributed by atoms with Crippen molar-refractivity contribution in [2.24, 2.45) is 0 Å². The van der Waals surface area contributed by atoms with E-state index in [1.165, 1.54) is 35.1 Å². The lowest BCUT2D eigenvalue weighted by Crippen LogP contribution is -2.50. The van der Waals surface area contributed by atoms with Crippen LogP contribution in [0.5, 0.6) is 5.75 Å². The van der Waals surface area contributed by atoms with Gasteiger partial charge in [0, 0.05) is 38.4 Å². The van der Waals surface area contributed by atoms with Gasteiger partial charge in [-0.05, 0) is 24.3 Å². The lowest BCUT2D eigenvalue weighted by molar-refractivity contribution is -0.137. The number of alkyl halides is 3. The highest BCUT2D eigenvalue weighted by Gasteiger charge is 2.32. The molecule has 1 N–H and O–H groups in total. The second-order valence-electron chi connectivity index (χ2n) is 6.80. The first-order valence-electron chi connectivity index (χ1n) is 9.31. The van der Waals surface area contributed by atoms with Crippen LogP contribution in [0.2, 0.25) is 0 Å². The molecule has 1 aliphatic rings. The van der Waals surface area contributed by atoms with Gasteiger partial charge >= 0.3 is 6.18 Å². The molecule has 0 bridgehead atoms. The van der Waals surface area contributed by atoms with E-state index in [2.05, 4.69) is 9.71 Å². The Bertz CT molecular complexity index is 1070. The van der Waals surface area contributed by atoms with Crippen LogP contribution in [-0.4, -0.2) is 68.3 Å². The summed E-state index contributed by atoms with van der Waals surface area (Å²) < 4.78 is 67.0. The number of hydrogen-bond acceptors (Lipinski definition) is 6. The lowest BCUT2D eigenvalue weighted by Gasteiger charge is -2.34. The molecule has 2 aromatic rings. The Morgan fingerprint density at radius 3 is 2.16 bits per heavy atom. The molecule has 13 heteroatoms. The highest BCUT2D eigenvalue weighted by Crippen LogP contribution is 2.28. The number of rotatable bonds is 5. The maximum atomic E-state index is 12.9. The highest BCUT2D eigenvalue weighted by atomic mass is 32.2. The molecule has 0 atom stereocenters. The van der Waals surface area contributed by atoms with E-state index in [9.17, 15) is 31.2 Å². The summed E-state index contributed by atoms with van der Waals surface area (Å²) in [5.41, 5.74) is -0.585. The second-order valence-corrected chi connectivity index (χ2v) is 7.54. The van der Waals surface area contributed by atoms with Gasteiger partial charge in [-0.15, -0.1) is 0 Å². The molecule has 2 amide bonds. The Balaban J connectivity index is 1.65. The molecule has 0 saturated carbocycles.